The maximum atomic E-state index is 12.7. The lowest BCUT2D eigenvalue weighted by molar-refractivity contribution is -0.384. The predicted molar refractivity (Wildman–Crippen MR) is 109 cm³/mol. The average Bonchev–Trinajstić information content (AvgIpc) is 3.52. The molecule has 2 aromatic carbocycles. The molecule has 0 aliphatic heterocycles. The molecule has 8 heteroatoms. The van der Waals surface area contributed by atoms with Crippen molar-refractivity contribution in [3.63, 3.8) is 0 Å². The number of nitrogens with one attached hydrogen (secondary N) is 1. The zero-order valence-corrected chi connectivity index (χ0v) is 16.9. The lowest BCUT2D eigenvalue weighted by atomic mass is 10.0. The van der Waals surface area contributed by atoms with E-state index in [1.54, 1.807) is 13.8 Å². The highest BCUT2D eigenvalue weighted by Crippen LogP contribution is 2.44. The van der Waals surface area contributed by atoms with Crippen LogP contribution < -0.4 is 5.32 Å². The van der Waals surface area contributed by atoms with Crippen LogP contribution in [0.25, 0.3) is 0 Å². The fourth-order valence-corrected chi connectivity index (χ4v) is 4.87. The highest BCUT2D eigenvalue weighted by molar-refractivity contribution is 7.89. The first-order valence-electron chi connectivity index (χ1n) is 9.48. The van der Waals surface area contributed by atoms with Crippen LogP contribution in [0.1, 0.15) is 38.3 Å². The second kappa shape index (κ2) is 8.28. The molecule has 1 fully saturated rings. The van der Waals surface area contributed by atoms with E-state index in [9.17, 15) is 18.5 Å². The number of sulfonamides is 1. The summed E-state index contributed by atoms with van der Waals surface area (Å²) in [7, 11) is -3.76. The molecule has 1 atom stereocenters. The molecule has 0 aromatic heterocycles. The third-order valence-electron chi connectivity index (χ3n) is 5.07. The first-order chi connectivity index (χ1) is 13.4. The summed E-state index contributed by atoms with van der Waals surface area (Å²) in [6.45, 7) is 4.10. The van der Waals surface area contributed by atoms with Gasteiger partial charge in [0.15, 0.2) is 0 Å². The summed E-state index contributed by atoms with van der Waals surface area (Å²) in [5, 5.41) is 15.0. The second-order valence-corrected chi connectivity index (χ2v) is 8.83. The van der Waals surface area contributed by atoms with Gasteiger partial charge in [-0.25, -0.2) is 8.42 Å². The molecule has 2 aromatic rings. The monoisotopic (exact) mass is 403 g/mol. The summed E-state index contributed by atoms with van der Waals surface area (Å²) < 4.78 is 26.7. The van der Waals surface area contributed by atoms with Gasteiger partial charge in [0.2, 0.25) is 10.0 Å². The number of rotatable bonds is 9. The molecular weight excluding hydrogens is 378 g/mol. The lowest BCUT2D eigenvalue weighted by Gasteiger charge is -2.21. The zero-order valence-electron chi connectivity index (χ0n) is 16.0. The fourth-order valence-electron chi connectivity index (χ4n) is 3.39. The van der Waals surface area contributed by atoms with Crippen molar-refractivity contribution >= 4 is 21.4 Å². The maximum absolute atomic E-state index is 12.7. The highest BCUT2D eigenvalue weighted by Gasteiger charge is 2.34. The molecule has 0 spiro atoms. The molecule has 1 aliphatic rings. The van der Waals surface area contributed by atoms with Gasteiger partial charge in [-0.3, -0.25) is 10.1 Å². The molecule has 150 valence electrons. The van der Waals surface area contributed by atoms with E-state index >= 15 is 0 Å². The van der Waals surface area contributed by atoms with Gasteiger partial charge in [0.1, 0.15) is 5.69 Å². The van der Waals surface area contributed by atoms with Crippen molar-refractivity contribution in [2.75, 3.05) is 18.4 Å². The third-order valence-corrected chi connectivity index (χ3v) is 7.12. The molecule has 1 N–H and O–H groups in total. The number of hydrogen-bond donors (Lipinski definition) is 1. The van der Waals surface area contributed by atoms with Crippen LogP contribution in [0.2, 0.25) is 0 Å². The van der Waals surface area contributed by atoms with Crippen molar-refractivity contribution in [3.8, 4) is 0 Å². The van der Waals surface area contributed by atoms with Gasteiger partial charge in [-0.15, -0.1) is 0 Å². The Labute approximate surface area is 165 Å². The summed E-state index contributed by atoms with van der Waals surface area (Å²) in [6.07, 6.45) is 2.13. The predicted octanol–water partition coefficient (Wildman–Crippen LogP) is 4.19. The minimum atomic E-state index is -3.76. The molecule has 1 unspecified atom stereocenters. The highest BCUT2D eigenvalue weighted by atomic mass is 32.2. The minimum Gasteiger partial charge on any atom is -0.372 e. The van der Waals surface area contributed by atoms with Gasteiger partial charge in [0.25, 0.3) is 5.69 Å². The van der Waals surface area contributed by atoms with Crippen molar-refractivity contribution in [2.45, 2.75) is 37.6 Å². The molecule has 0 heterocycles. The second-order valence-electron chi connectivity index (χ2n) is 6.90. The molecular formula is C20H25N3O4S. The van der Waals surface area contributed by atoms with Crippen molar-refractivity contribution in [2.24, 2.45) is 5.92 Å². The van der Waals surface area contributed by atoms with Crippen LogP contribution in [0.15, 0.2) is 53.4 Å². The van der Waals surface area contributed by atoms with Gasteiger partial charge < -0.3 is 5.32 Å². The molecule has 28 heavy (non-hydrogen) atoms. The van der Waals surface area contributed by atoms with Crippen LogP contribution >= 0.6 is 0 Å². The Balaban J connectivity index is 1.97. The summed E-state index contributed by atoms with van der Waals surface area (Å²) in [5.74, 6) is 0.418. The van der Waals surface area contributed by atoms with E-state index in [-0.39, 0.29) is 16.6 Å². The van der Waals surface area contributed by atoms with E-state index in [0.717, 1.165) is 24.5 Å². The fraction of sp³-hybridized carbons (Fsp3) is 0.400. The zero-order chi connectivity index (χ0) is 20.3. The molecule has 3 rings (SSSR count). The Morgan fingerprint density at radius 2 is 1.79 bits per heavy atom. The van der Waals surface area contributed by atoms with Gasteiger partial charge in [-0.05, 0) is 36.5 Å². The van der Waals surface area contributed by atoms with E-state index in [2.05, 4.69) is 5.32 Å². The Hall–Kier alpha value is -2.45. The smallest absolute Gasteiger partial charge is 0.293 e. The van der Waals surface area contributed by atoms with Crippen LogP contribution in [0, 0.1) is 16.0 Å². The van der Waals surface area contributed by atoms with Gasteiger partial charge in [-0.2, -0.15) is 4.31 Å². The van der Waals surface area contributed by atoms with Crippen LogP contribution in [-0.2, 0) is 10.0 Å². The van der Waals surface area contributed by atoms with E-state index in [0.29, 0.717) is 24.7 Å². The van der Waals surface area contributed by atoms with Crippen LogP contribution in [0.4, 0.5) is 11.4 Å². The quantitative estimate of drug-likeness (QED) is 0.501. The lowest BCUT2D eigenvalue weighted by Crippen LogP contribution is -2.30. The molecule has 1 aliphatic carbocycles. The molecule has 0 bridgehead atoms. The Bertz CT molecular complexity index is 939. The van der Waals surface area contributed by atoms with Crippen molar-refractivity contribution in [1.29, 1.82) is 0 Å². The Morgan fingerprint density at radius 3 is 2.32 bits per heavy atom. The van der Waals surface area contributed by atoms with E-state index in [1.807, 2.05) is 30.3 Å². The first-order valence-corrected chi connectivity index (χ1v) is 10.9. The van der Waals surface area contributed by atoms with Crippen LogP contribution in [-0.4, -0.2) is 30.7 Å². The van der Waals surface area contributed by atoms with E-state index in [1.165, 1.54) is 16.4 Å². The van der Waals surface area contributed by atoms with Crippen molar-refractivity contribution < 1.29 is 13.3 Å². The third kappa shape index (κ3) is 4.18. The van der Waals surface area contributed by atoms with E-state index in [4.69, 9.17) is 0 Å². The molecule has 1 saturated carbocycles. The van der Waals surface area contributed by atoms with Crippen molar-refractivity contribution in [1.82, 2.24) is 4.31 Å². The average molecular weight is 404 g/mol. The summed E-state index contributed by atoms with van der Waals surface area (Å²) in [6, 6.07) is 13.9. The molecule has 0 saturated heterocycles. The standard InChI is InChI=1S/C20H25N3O4S/c1-3-22(4-2)28(26,27)17-12-13-18(19(14-17)23(24)25)21-20(16-10-11-16)15-8-6-5-7-9-15/h5-9,12-14,16,20-21H,3-4,10-11H2,1-2H3. The number of nitro groups is 1. The van der Waals surface area contributed by atoms with Crippen LogP contribution in [0.3, 0.4) is 0 Å². The van der Waals surface area contributed by atoms with Crippen LogP contribution in [0.5, 0.6) is 0 Å². The van der Waals surface area contributed by atoms with Gasteiger partial charge in [-0.1, -0.05) is 44.2 Å². The summed E-state index contributed by atoms with van der Waals surface area (Å²) >= 11 is 0. The number of nitrogens with zero attached hydrogens (tertiary/aromatic N) is 2. The molecule has 0 radical (unpaired) electrons. The van der Waals surface area contributed by atoms with Gasteiger partial charge in [0.05, 0.1) is 15.9 Å². The minimum absolute atomic E-state index is 0.0369. The van der Waals surface area contributed by atoms with Crippen molar-refractivity contribution in [3.05, 3.63) is 64.2 Å². The Morgan fingerprint density at radius 1 is 1.14 bits per heavy atom. The Kier molecular flexibility index (Phi) is 6.00. The normalized spacial score (nSPS) is 15.4. The first kappa shape index (κ1) is 20.3. The summed E-state index contributed by atoms with van der Waals surface area (Å²) in [5.41, 5.74) is 1.18. The maximum Gasteiger partial charge on any atom is 0.293 e. The molecule has 0 amide bonds. The van der Waals surface area contributed by atoms with E-state index < -0.39 is 14.9 Å². The summed E-state index contributed by atoms with van der Waals surface area (Å²) in [4.78, 5) is 11.1. The number of nitro benzene ring substituents is 1. The van der Waals surface area contributed by atoms with Gasteiger partial charge >= 0.3 is 0 Å². The number of benzene rings is 2. The largest absolute Gasteiger partial charge is 0.372 e. The van der Waals surface area contributed by atoms with Gasteiger partial charge in [0, 0.05) is 19.2 Å². The molecule has 7 nitrogen and oxygen atoms in total. The SMILES string of the molecule is CCN(CC)S(=O)(=O)c1ccc(NC(c2ccccc2)C2CC2)c([N+](=O)[O-])c1. The number of hydrogen-bond acceptors (Lipinski definition) is 5. The topological polar surface area (TPSA) is 92.6 Å². The number of anilines is 1.